The monoisotopic (exact) mass is 296 g/mol. The zero-order valence-electron chi connectivity index (χ0n) is 13.8. The molecule has 1 aliphatic heterocycles. The van der Waals surface area contributed by atoms with Crippen LogP contribution >= 0.6 is 0 Å². The molecule has 2 rings (SSSR count). The molecule has 1 amide bonds. The maximum atomic E-state index is 11.8. The van der Waals surface area contributed by atoms with Gasteiger partial charge in [-0.15, -0.1) is 0 Å². The van der Waals surface area contributed by atoms with Gasteiger partial charge in [0.25, 0.3) is 0 Å². The number of nitrogens with one attached hydrogen (secondary N) is 2. The lowest BCUT2D eigenvalue weighted by Crippen LogP contribution is -2.44. The fourth-order valence-corrected chi connectivity index (χ4v) is 2.53. The molecular weight excluding hydrogens is 268 g/mol. The number of carbonyl (C=O) groups excluding carboxylic acids is 1. The number of amides is 1. The molecule has 0 aromatic carbocycles. The molecule has 0 aromatic rings. The molecule has 3 atom stereocenters. The van der Waals surface area contributed by atoms with Crippen molar-refractivity contribution in [3.8, 4) is 0 Å². The third kappa shape index (κ3) is 4.79. The highest BCUT2D eigenvalue weighted by Crippen LogP contribution is 2.29. The van der Waals surface area contributed by atoms with Crippen molar-refractivity contribution in [3.63, 3.8) is 0 Å². The average molecular weight is 296 g/mol. The van der Waals surface area contributed by atoms with E-state index in [1.165, 1.54) is 6.42 Å². The Bertz CT molecular complexity index is 416. The highest BCUT2D eigenvalue weighted by Gasteiger charge is 2.35. The van der Waals surface area contributed by atoms with Crippen LogP contribution in [0, 0.1) is 5.92 Å². The van der Waals surface area contributed by atoms with Crippen LogP contribution in [0.4, 0.5) is 4.79 Å². The van der Waals surface area contributed by atoms with Gasteiger partial charge in [0.1, 0.15) is 5.60 Å². The van der Waals surface area contributed by atoms with E-state index >= 15 is 0 Å². The summed E-state index contributed by atoms with van der Waals surface area (Å²) in [6, 6.07) is 0.677. The van der Waals surface area contributed by atoms with Gasteiger partial charge in [-0.2, -0.15) is 0 Å². The summed E-state index contributed by atoms with van der Waals surface area (Å²) in [5.41, 5.74) is -0.456. The molecule has 120 valence electrons. The molecule has 0 spiro atoms. The maximum absolute atomic E-state index is 11.8. The number of ether oxygens (including phenoxy) is 1. The molecule has 21 heavy (non-hydrogen) atoms. The van der Waals surface area contributed by atoms with Crippen molar-refractivity contribution in [3.05, 3.63) is 0 Å². The second-order valence-corrected chi connectivity index (χ2v) is 7.09. The number of alkyl carbamates (subject to hydrolysis) is 1. The number of hydrogen-bond acceptors (Lipinski definition) is 3. The van der Waals surface area contributed by atoms with Crippen molar-refractivity contribution in [2.75, 3.05) is 20.1 Å². The molecule has 2 fully saturated rings. The third-order valence-electron chi connectivity index (χ3n) is 3.84. The molecular formula is C15H28N4O2. The number of nitrogens with zero attached hydrogens (tertiary/aromatic N) is 2. The van der Waals surface area contributed by atoms with E-state index in [0.29, 0.717) is 6.04 Å². The number of guanidine groups is 1. The van der Waals surface area contributed by atoms with Crippen molar-refractivity contribution in [1.82, 2.24) is 15.5 Å². The van der Waals surface area contributed by atoms with Crippen LogP contribution < -0.4 is 10.6 Å². The summed E-state index contributed by atoms with van der Waals surface area (Å²) < 4.78 is 5.30. The third-order valence-corrected chi connectivity index (χ3v) is 3.84. The maximum Gasteiger partial charge on any atom is 0.407 e. The van der Waals surface area contributed by atoms with Gasteiger partial charge in [0, 0.05) is 26.2 Å². The number of likely N-dealkylation sites (tertiary alicyclic amines) is 1. The minimum absolute atomic E-state index is 0.120. The highest BCUT2D eigenvalue weighted by atomic mass is 16.6. The molecule has 3 unspecified atom stereocenters. The highest BCUT2D eigenvalue weighted by molar-refractivity contribution is 5.81. The summed E-state index contributed by atoms with van der Waals surface area (Å²) in [5.74, 6) is 1.68. The van der Waals surface area contributed by atoms with Crippen LogP contribution in [-0.2, 0) is 4.74 Å². The van der Waals surface area contributed by atoms with Gasteiger partial charge in [-0.3, -0.25) is 4.99 Å². The van der Waals surface area contributed by atoms with E-state index in [4.69, 9.17) is 4.74 Å². The Hall–Kier alpha value is -1.46. The molecule has 2 aliphatic rings. The van der Waals surface area contributed by atoms with Crippen LogP contribution in [0.3, 0.4) is 0 Å². The Morgan fingerprint density at radius 1 is 1.33 bits per heavy atom. The number of aliphatic imine (C=N–C) groups is 1. The minimum atomic E-state index is -0.456. The van der Waals surface area contributed by atoms with Crippen molar-refractivity contribution < 1.29 is 9.53 Å². The summed E-state index contributed by atoms with van der Waals surface area (Å²) in [7, 11) is 1.81. The van der Waals surface area contributed by atoms with Crippen molar-refractivity contribution in [1.29, 1.82) is 0 Å². The smallest absolute Gasteiger partial charge is 0.407 e. The van der Waals surface area contributed by atoms with Gasteiger partial charge < -0.3 is 20.3 Å². The molecule has 1 aliphatic carbocycles. The van der Waals surface area contributed by atoms with Gasteiger partial charge in [0.05, 0.1) is 6.04 Å². The fraction of sp³-hybridized carbons (Fsp3) is 0.867. The van der Waals surface area contributed by atoms with Crippen molar-refractivity contribution in [2.24, 2.45) is 10.9 Å². The predicted octanol–water partition coefficient (Wildman–Crippen LogP) is 1.57. The predicted molar refractivity (Wildman–Crippen MR) is 83.4 cm³/mol. The molecule has 0 radical (unpaired) electrons. The van der Waals surface area contributed by atoms with E-state index in [9.17, 15) is 4.79 Å². The zero-order valence-corrected chi connectivity index (χ0v) is 13.8. The first-order valence-corrected chi connectivity index (χ1v) is 7.76. The number of hydrogen-bond donors (Lipinski definition) is 2. The molecule has 0 bridgehead atoms. The summed E-state index contributed by atoms with van der Waals surface area (Å²) >= 11 is 0. The van der Waals surface area contributed by atoms with Gasteiger partial charge in [-0.25, -0.2) is 4.79 Å². The van der Waals surface area contributed by atoms with E-state index in [2.05, 4.69) is 27.4 Å². The molecule has 2 N–H and O–H groups in total. The van der Waals surface area contributed by atoms with Gasteiger partial charge in [-0.05, 0) is 39.5 Å². The van der Waals surface area contributed by atoms with Crippen LogP contribution in [-0.4, -0.2) is 54.8 Å². The Morgan fingerprint density at radius 2 is 2.00 bits per heavy atom. The van der Waals surface area contributed by atoms with Crippen LogP contribution in [0.2, 0.25) is 0 Å². The van der Waals surface area contributed by atoms with Crippen LogP contribution in [0.1, 0.15) is 40.5 Å². The van der Waals surface area contributed by atoms with E-state index < -0.39 is 5.60 Å². The molecule has 1 saturated carbocycles. The van der Waals surface area contributed by atoms with Crippen LogP contribution in [0.15, 0.2) is 4.99 Å². The molecule has 1 saturated heterocycles. The van der Waals surface area contributed by atoms with Crippen LogP contribution in [0.5, 0.6) is 0 Å². The van der Waals surface area contributed by atoms with Gasteiger partial charge in [0.2, 0.25) is 0 Å². The first-order chi connectivity index (χ1) is 9.78. The van der Waals surface area contributed by atoms with E-state index in [0.717, 1.165) is 31.4 Å². The van der Waals surface area contributed by atoms with Crippen molar-refractivity contribution in [2.45, 2.75) is 58.2 Å². The SMILES string of the molecule is CN=C(NC1CC1C)N1CCC(NC(=O)OC(C)(C)C)C1. The Balaban J connectivity index is 1.78. The molecule has 0 aromatic heterocycles. The summed E-state index contributed by atoms with van der Waals surface area (Å²) in [5, 5.41) is 6.41. The molecule has 1 heterocycles. The zero-order chi connectivity index (χ0) is 15.6. The number of rotatable bonds is 2. The fourth-order valence-electron chi connectivity index (χ4n) is 2.53. The van der Waals surface area contributed by atoms with E-state index in [1.54, 1.807) is 0 Å². The van der Waals surface area contributed by atoms with Gasteiger partial charge in [0.15, 0.2) is 5.96 Å². The summed E-state index contributed by atoms with van der Waals surface area (Å²) in [6.07, 6.45) is 1.79. The lowest BCUT2D eigenvalue weighted by molar-refractivity contribution is 0.0507. The average Bonchev–Trinajstić information content (AvgIpc) is 2.84. The second-order valence-electron chi connectivity index (χ2n) is 7.09. The van der Waals surface area contributed by atoms with Gasteiger partial charge in [-0.1, -0.05) is 6.92 Å². The Kier molecular flexibility index (Phi) is 4.64. The first kappa shape index (κ1) is 15.9. The summed E-state index contributed by atoms with van der Waals surface area (Å²) in [6.45, 7) is 9.53. The largest absolute Gasteiger partial charge is 0.444 e. The first-order valence-electron chi connectivity index (χ1n) is 7.76. The molecule has 6 nitrogen and oxygen atoms in total. The Morgan fingerprint density at radius 3 is 2.52 bits per heavy atom. The topological polar surface area (TPSA) is 66.0 Å². The normalized spacial score (nSPS) is 29.3. The van der Waals surface area contributed by atoms with E-state index in [-0.39, 0.29) is 12.1 Å². The molecule has 6 heteroatoms. The number of carbonyl (C=O) groups is 1. The minimum Gasteiger partial charge on any atom is -0.444 e. The second kappa shape index (κ2) is 6.12. The quantitative estimate of drug-likeness (QED) is 0.599. The summed E-state index contributed by atoms with van der Waals surface area (Å²) in [4.78, 5) is 18.3. The van der Waals surface area contributed by atoms with E-state index in [1.807, 2.05) is 27.8 Å². The van der Waals surface area contributed by atoms with Crippen molar-refractivity contribution >= 4 is 12.1 Å². The van der Waals surface area contributed by atoms with Crippen LogP contribution in [0.25, 0.3) is 0 Å². The Labute approximate surface area is 127 Å². The lowest BCUT2D eigenvalue weighted by atomic mass is 10.2. The van der Waals surface area contributed by atoms with Gasteiger partial charge >= 0.3 is 6.09 Å². The standard InChI is InChI=1S/C15H28N4O2/c1-10-8-12(10)18-13(16-5)19-7-6-11(9-19)17-14(20)21-15(2,3)4/h10-12H,6-9H2,1-5H3,(H,16,18)(H,17,20). The lowest BCUT2D eigenvalue weighted by Gasteiger charge is -2.23.